The highest BCUT2D eigenvalue weighted by Gasteiger charge is 2.30. The predicted molar refractivity (Wildman–Crippen MR) is 88.6 cm³/mol. The average Bonchev–Trinajstić information content (AvgIpc) is 3.10. The number of thiophene rings is 1. The second-order valence-electron chi connectivity index (χ2n) is 5.21. The molecule has 0 bridgehead atoms. The molecule has 1 unspecified atom stereocenters. The molecule has 6 heteroatoms. The van der Waals surface area contributed by atoms with Crippen LogP contribution in [-0.2, 0) is 14.2 Å². The fourth-order valence-corrected chi connectivity index (χ4v) is 3.76. The van der Waals surface area contributed by atoms with Gasteiger partial charge in [-0.3, -0.25) is 0 Å². The molecule has 3 heterocycles. The van der Waals surface area contributed by atoms with E-state index in [0.717, 1.165) is 33.0 Å². The Labute approximate surface area is 139 Å². The molecule has 0 spiro atoms. The minimum atomic E-state index is -0.271. The van der Waals surface area contributed by atoms with Crippen LogP contribution >= 0.6 is 22.9 Å². The van der Waals surface area contributed by atoms with Crippen molar-refractivity contribution >= 4 is 28.6 Å². The smallest absolute Gasteiger partial charge is 0.193 e. The third kappa shape index (κ3) is 3.19. The molecular weight excluding hydrogens is 322 g/mol. The standard InChI is InChI=1S/C16H18ClNO3S/c1-9-4-5-19-15(14(9)18-11(3)17)12-8-13(22-10(12)2)16-20-6-7-21-16/h8,15-16H,1,3-7H2,2H3/b18-14+. The van der Waals surface area contributed by atoms with Crippen molar-refractivity contribution in [2.45, 2.75) is 25.7 Å². The van der Waals surface area contributed by atoms with Gasteiger partial charge in [-0.25, -0.2) is 4.99 Å². The Balaban J connectivity index is 1.94. The van der Waals surface area contributed by atoms with E-state index in [4.69, 9.17) is 25.8 Å². The summed E-state index contributed by atoms with van der Waals surface area (Å²) in [7, 11) is 0. The van der Waals surface area contributed by atoms with Crippen LogP contribution in [0.4, 0.5) is 0 Å². The van der Waals surface area contributed by atoms with Crippen LogP contribution in [0.2, 0.25) is 0 Å². The van der Waals surface area contributed by atoms with E-state index >= 15 is 0 Å². The molecule has 0 amide bonds. The summed E-state index contributed by atoms with van der Waals surface area (Å²) < 4.78 is 17.1. The Kier molecular flexibility index (Phi) is 4.80. The van der Waals surface area contributed by atoms with Gasteiger partial charge in [0.1, 0.15) is 11.3 Å². The van der Waals surface area contributed by atoms with Crippen molar-refractivity contribution in [2.24, 2.45) is 4.99 Å². The van der Waals surface area contributed by atoms with Gasteiger partial charge in [0.25, 0.3) is 0 Å². The van der Waals surface area contributed by atoms with E-state index in [2.05, 4.69) is 31.1 Å². The maximum Gasteiger partial charge on any atom is 0.193 e. The van der Waals surface area contributed by atoms with Crippen molar-refractivity contribution in [3.63, 3.8) is 0 Å². The topological polar surface area (TPSA) is 40.0 Å². The number of aryl methyl sites for hydroxylation is 1. The van der Waals surface area contributed by atoms with E-state index in [1.165, 1.54) is 0 Å². The molecule has 1 aromatic rings. The molecule has 0 aliphatic carbocycles. The van der Waals surface area contributed by atoms with E-state index in [1.54, 1.807) is 11.3 Å². The molecule has 3 rings (SSSR count). The van der Waals surface area contributed by atoms with Crippen molar-refractivity contribution in [1.29, 1.82) is 0 Å². The van der Waals surface area contributed by atoms with E-state index in [1.807, 2.05) is 0 Å². The highest BCUT2D eigenvalue weighted by molar-refractivity contribution is 7.12. The molecule has 0 saturated carbocycles. The van der Waals surface area contributed by atoms with Gasteiger partial charge in [-0.15, -0.1) is 11.3 Å². The number of rotatable bonds is 3. The maximum atomic E-state index is 5.94. The summed E-state index contributed by atoms with van der Waals surface area (Å²) in [5.41, 5.74) is 2.77. The first-order valence-electron chi connectivity index (χ1n) is 7.12. The molecular formula is C16H18ClNO3S. The van der Waals surface area contributed by atoms with Crippen LogP contribution in [0.15, 0.2) is 34.9 Å². The molecule has 2 saturated heterocycles. The van der Waals surface area contributed by atoms with Gasteiger partial charge >= 0.3 is 0 Å². The number of aliphatic imine (C=N–C) groups is 1. The summed E-state index contributed by atoms with van der Waals surface area (Å²) in [5, 5.41) is 0.238. The lowest BCUT2D eigenvalue weighted by molar-refractivity contribution is -0.0414. The van der Waals surface area contributed by atoms with Crippen molar-refractivity contribution in [3.05, 3.63) is 45.3 Å². The Morgan fingerprint density at radius 3 is 2.73 bits per heavy atom. The van der Waals surface area contributed by atoms with Crippen LogP contribution in [0.3, 0.4) is 0 Å². The van der Waals surface area contributed by atoms with Gasteiger partial charge in [0.15, 0.2) is 6.29 Å². The van der Waals surface area contributed by atoms with E-state index in [0.29, 0.717) is 19.8 Å². The lowest BCUT2D eigenvalue weighted by atomic mass is 9.96. The number of hydrogen-bond acceptors (Lipinski definition) is 5. The molecule has 4 nitrogen and oxygen atoms in total. The molecule has 0 radical (unpaired) electrons. The van der Waals surface area contributed by atoms with Crippen molar-refractivity contribution in [2.75, 3.05) is 19.8 Å². The monoisotopic (exact) mass is 339 g/mol. The minimum Gasteiger partial charge on any atom is -0.367 e. The normalized spacial score (nSPS) is 25.1. The Hall–Kier alpha value is -0.980. The van der Waals surface area contributed by atoms with E-state index in [9.17, 15) is 0 Å². The molecule has 22 heavy (non-hydrogen) atoms. The maximum absolute atomic E-state index is 5.94. The molecule has 1 atom stereocenters. The zero-order chi connectivity index (χ0) is 15.7. The van der Waals surface area contributed by atoms with Crippen LogP contribution in [0.1, 0.15) is 34.1 Å². The number of halogens is 1. The number of nitrogens with zero attached hydrogens (tertiary/aromatic N) is 1. The van der Waals surface area contributed by atoms with Crippen molar-refractivity contribution < 1.29 is 14.2 Å². The summed E-state index contributed by atoms with van der Waals surface area (Å²) in [6, 6.07) is 2.08. The second kappa shape index (κ2) is 6.64. The summed E-state index contributed by atoms with van der Waals surface area (Å²) in [4.78, 5) is 6.53. The molecule has 118 valence electrons. The Morgan fingerprint density at radius 2 is 2.05 bits per heavy atom. The Morgan fingerprint density at radius 1 is 1.32 bits per heavy atom. The number of ether oxygens (including phenoxy) is 3. The van der Waals surface area contributed by atoms with Crippen LogP contribution in [0, 0.1) is 6.92 Å². The van der Waals surface area contributed by atoms with Crippen LogP contribution in [0.5, 0.6) is 0 Å². The van der Waals surface area contributed by atoms with Crippen molar-refractivity contribution in [3.8, 4) is 0 Å². The molecule has 2 aliphatic rings. The molecule has 0 N–H and O–H groups in total. The third-order valence-corrected chi connectivity index (χ3v) is 4.82. The van der Waals surface area contributed by atoms with Crippen LogP contribution in [-0.4, -0.2) is 25.5 Å². The quantitative estimate of drug-likeness (QED) is 0.772. The first kappa shape index (κ1) is 15.9. The zero-order valence-electron chi connectivity index (χ0n) is 12.4. The van der Waals surface area contributed by atoms with Gasteiger partial charge in [-0.2, -0.15) is 0 Å². The second-order valence-corrected chi connectivity index (χ2v) is 6.94. The van der Waals surface area contributed by atoms with Gasteiger partial charge in [0, 0.05) is 10.4 Å². The van der Waals surface area contributed by atoms with Crippen molar-refractivity contribution in [1.82, 2.24) is 0 Å². The van der Waals surface area contributed by atoms with Gasteiger partial charge in [-0.05, 0) is 25.0 Å². The molecule has 0 aromatic carbocycles. The summed E-state index contributed by atoms with van der Waals surface area (Å²) >= 11 is 7.52. The number of hydrogen-bond donors (Lipinski definition) is 0. The average molecular weight is 340 g/mol. The van der Waals surface area contributed by atoms with Crippen LogP contribution < -0.4 is 0 Å². The molecule has 1 aromatic heterocycles. The Bertz CT molecular complexity index is 631. The predicted octanol–water partition coefficient (Wildman–Crippen LogP) is 4.27. The van der Waals surface area contributed by atoms with Gasteiger partial charge in [-0.1, -0.05) is 24.8 Å². The van der Waals surface area contributed by atoms with E-state index < -0.39 is 0 Å². The first-order chi connectivity index (χ1) is 10.6. The summed E-state index contributed by atoms with van der Waals surface area (Å²) in [6.45, 7) is 11.7. The van der Waals surface area contributed by atoms with Gasteiger partial charge in [0.05, 0.1) is 30.4 Å². The zero-order valence-corrected chi connectivity index (χ0v) is 14.0. The van der Waals surface area contributed by atoms with Gasteiger partial charge < -0.3 is 14.2 Å². The van der Waals surface area contributed by atoms with Crippen LogP contribution in [0.25, 0.3) is 0 Å². The summed E-state index contributed by atoms with van der Waals surface area (Å²) in [6.07, 6.45) is 0.223. The van der Waals surface area contributed by atoms with Gasteiger partial charge in [0.2, 0.25) is 0 Å². The lowest BCUT2D eigenvalue weighted by Crippen LogP contribution is -2.24. The molecule has 2 fully saturated rings. The molecule has 2 aliphatic heterocycles. The highest BCUT2D eigenvalue weighted by Crippen LogP contribution is 2.38. The first-order valence-corrected chi connectivity index (χ1v) is 8.32. The minimum absolute atomic E-state index is 0.238. The fraction of sp³-hybridized carbons (Fsp3) is 0.438. The highest BCUT2D eigenvalue weighted by atomic mass is 35.5. The fourth-order valence-electron chi connectivity index (χ4n) is 2.62. The third-order valence-electron chi connectivity index (χ3n) is 3.65. The van der Waals surface area contributed by atoms with E-state index in [-0.39, 0.29) is 17.6 Å². The largest absolute Gasteiger partial charge is 0.367 e. The SMILES string of the molecule is C=C(Cl)/N=C1\C(=C)CCOC1c1cc(C2OCCO2)sc1C. The summed E-state index contributed by atoms with van der Waals surface area (Å²) in [5.74, 6) is 0. The lowest BCUT2D eigenvalue weighted by Gasteiger charge is -2.26.